The Labute approximate surface area is 263 Å². The fourth-order valence-electron chi connectivity index (χ4n) is 6.04. The maximum Gasteiger partial charge on any atom is 0.437 e. The van der Waals surface area contributed by atoms with E-state index in [4.69, 9.17) is 4.42 Å². The van der Waals surface area contributed by atoms with E-state index in [2.05, 4.69) is 9.97 Å². The molecule has 0 saturated carbocycles. The number of nitrogens with zero attached hydrogens (tertiary/aromatic N) is 5. The topological polar surface area (TPSA) is 82.8 Å². The molecule has 2 aliphatic rings. The van der Waals surface area contributed by atoms with Crippen molar-refractivity contribution in [3.05, 3.63) is 107 Å². The van der Waals surface area contributed by atoms with E-state index in [9.17, 15) is 27.2 Å². The van der Waals surface area contributed by atoms with Crippen LogP contribution < -0.4 is 9.80 Å². The van der Waals surface area contributed by atoms with E-state index >= 15 is 0 Å². The summed E-state index contributed by atoms with van der Waals surface area (Å²) < 4.78 is 61.2. The fraction of sp³-hybridized carbons (Fsp3) is 0.353. The van der Waals surface area contributed by atoms with E-state index in [1.54, 1.807) is 29.2 Å². The van der Waals surface area contributed by atoms with E-state index < -0.39 is 29.2 Å². The van der Waals surface area contributed by atoms with E-state index in [1.807, 2.05) is 40.1 Å². The standard InChI is InChI=1S/C34H33F4N5O3/c35-27-9-5-4-8-26(27)29(45)22-41-16-18-42(19-17-41)30-11-10-23(21-39-30)20-28(44)31-32(34(36,37)38)40-33(46-31)43-14-12-25(13-15-43)24-6-2-1-3-7-24/h1-11,21,25H,12-20,22H2. The van der Waals surface area contributed by atoms with Gasteiger partial charge < -0.3 is 14.2 Å². The largest absolute Gasteiger partial charge is 0.437 e. The van der Waals surface area contributed by atoms with Crippen LogP contribution in [0.1, 0.15) is 56.5 Å². The van der Waals surface area contributed by atoms with Gasteiger partial charge in [0.25, 0.3) is 6.01 Å². The zero-order valence-electron chi connectivity index (χ0n) is 25.0. The second-order valence-electron chi connectivity index (χ2n) is 11.6. The molecule has 12 heteroatoms. The molecule has 0 spiro atoms. The third-order valence-electron chi connectivity index (χ3n) is 8.59. The second kappa shape index (κ2) is 13.4. The molecule has 0 radical (unpaired) electrons. The molecule has 4 aromatic rings. The summed E-state index contributed by atoms with van der Waals surface area (Å²) in [5.41, 5.74) is 0.395. The average molecular weight is 636 g/mol. The van der Waals surface area contributed by atoms with Crippen LogP contribution >= 0.6 is 0 Å². The molecule has 0 aliphatic carbocycles. The van der Waals surface area contributed by atoms with Gasteiger partial charge in [0.05, 0.1) is 12.1 Å². The zero-order valence-corrected chi connectivity index (χ0v) is 25.0. The summed E-state index contributed by atoms with van der Waals surface area (Å²) >= 11 is 0. The van der Waals surface area contributed by atoms with Crippen LogP contribution in [-0.4, -0.2) is 72.2 Å². The van der Waals surface area contributed by atoms with Gasteiger partial charge in [-0.3, -0.25) is 14.5 Å². The Balaban J connectivity index is 1.05. The third-order valence-corrected chi connectivity index (χ3v) is 8.59. The molecule has 0 unspecified atom stereocenters. The molecule has 2 saturated heterocycles. The second-order valence-corrected chi connectivity index (χ2v) is 11.6. The first-order valence-electron chi connectivity index (χ1n) is 15.3. The Morgan fingerprint density at radius 1 is 0.826 bits per heavy atom. The highest BCUT2D eigenvalue weighted by molar-refractivity contribution is 5.98. The lowest BCUT2D eigenvalue weighted by Crippen LogP contribution is -2.48. The quantitative estimate of drug-likeness (QED) is 0.163. The number of hydrogen-bond donors (Lipinski definition) is 0. The number of rotatable bonds is 9. The smallest absolute Gasteiger partial charge is 0.420 e. The summed E-state index contributed by atoms with van der Waals surface area (Å²) in [6, 6.07) is 19.1. The minimum absolute atomic E-state index is 0.0733. The van der Waals surface area contributed by atoms with Crippen LogP contribution in [0.3, 0.4) is 0 Å². The van der Waals surface area contributed by atoms with Crippen molar-refractivity contribution >= 4 is 23.4 Å². The van der Waals surface area contributed by atoms with Gasteiger partial charge >= 0.3 is 6.18 Å². The molecule has 0 amide bonds. The lowest BCUT2D eigenvalue weighted by atomic mass is 9.90. The third kappa shape index (κ3) is 7.12. The van der Waals surface area contributed by atoms with Crippen LogP contribution in [-0.2, 0) is 12.6 Å². The average Bonchev–Trinajstić information content (AvgIpc) is 3.53. The number of benzene rings is 2. The monoisotopic (exact) mass is 635 g/mol. The highest BCUT2D eigenvalue weighted by Gasteiger charge is 2.42. The summed E-state index contributed by atoms with van der Waals surface area (Å²) in [4.78, 5) is 39.4. The number of aromatic nitrogens is 2. The summed E-state index contributed by atoms with van der Waals surface area (Å²) in [6.45, 7) is 3.33. The van der Waals surface area contributed by atoms with Gasteiger partial charge in [-0.05, 0) is 48.1 Å². The highest BCUT2D eigenvalue weighted by Crippen LogP contribution is 2.36. The summed E-state index contributed by atoms with van der Waals surface area (Å²) in [6.07, 6.45) is -2.24. The number of anilines is 2. The number of halogens is 4. The number of alkyl halides is 3. The van der Waals surface area contributed by atoms with Gasteiger partial charge in [-0.1, -0.05) is 48.5 Å². The van der Waals surface area contributed by atoms with Crippen molar-refractivity contribution in [2.75, 3.05) is 55.6 Å². The number of pyridine rings is 1. The Morgan fingerprint density at radius 2 is 1.52 bits per heavy atom. The minimum Gasteiger partial charge on any atom is -0.420 e. The Bertz CT molecular complexity index is 1660. The van der Waals surface area contributed by atoms with Crippen LogP contribution in [0.25, 0.3) is 0 Å². The predicted molar refractivity (Wildman–Crippen MR) is 164 cm³/mol. The summed E-state index contributed by atoms with van der Waals surface area (Å²) in [5, 5.41) is 0. The molecule has 46 heavy (non-hydrogen) atoms. The van der Waals surface area contributed by atoms with Crippen LogP contribution in [0, 0.1) is 5.82 Å². The van der Waals surface area contributed by atoms with Gasteiger partial charge in [0.1, 0.15) is 11.6 Å². The number of piperidine rings is 1. The molecular weight excluding hydrogens is 602 g/mol. The van der Waals surface area contributed by atoms with Crippen molar-refractivity contribution in [1.82, 2.24) is 14.9 Å². The molecular formula is C34H33F4N5O3. The van der Waals surface area contributed by atoms with Crippen LogP contribution in [0.2, 0.25) is 0 Å². The minimum atomic E-state index is -4.85. The van der Waals surface area contributed by atoms with E-state index in [-0.39, 0.29) is 30.3 Å². The highest BCUT2D eigenvalue weighted by atomic mass is 19.4. The first kappa shape index (κ1) is 31.4. The number of hydrogen-bond acceptors (Lipinski definition) is 8. The lowest BCUT2D eigenvalue weighted by Gasteiger charge is -2.35. The summed E-state index contributed by atoms with van der Waals surface area (Å²) in [5.74, 6) is -1.49. The van der Waals surface area contributed by atoms with Gasteiger partial charge in [0.2, 0.25) is 11.5 Å². The van der Waals surface area contributed by atoms with Crippen molar-refractivity contribution < 1.29 is 31.6 Å². The molecule has 2 aromatic heterocycles. The molecule has 2 aromatic carbocycles. The van der Waals surface area contributed by atoms with Crippen LogP contribution in [0.4, 0.5) is 29.4 Å². The number of Topliss-reactive ketones (excluding diaryl/α,β-unsaturated/α-hetero) is 2. The van der Waals surface area contributed by atoms with Crippen molar-refractivity contribution in [3.8, 4) is 0 Å². The van der Waals surface area contributed by atoms with Crippen LogP contribution in [0.5, 0.6) is 0 Å². The first-order valence-corrected chi connectivity index (χ1v) is 15.3. The molecule has 6 rings (SSSR count). The molecule has 4 heterocycles. The fourth-order valence-corrected chi connectivity index (χ4v) is 6.04. The van der Waals surface area contributed by atoms with E-state index in [0.717, 1.165) is 12.8 Å². The molecule has 2 aliphatic heterocycles. The lowest BCUT2D eigenvalue weighted by molar-refractivity contribution is -0.141. The van der Waals surface area contributed by atoms with Gasteiger partial charge in [0, 0.05) is 51.9 Å². The molecule has 8 nitrogen and oxygen atoms in total. The number of piperazine rings is 1. The zero-order chi connectivity index (χ0) is 32.3. The normalized spacial score (nSPS) is 16.5. The van der Waals surface area contributed by atoms with Crippen molar-refractivity contribution in [2.24, 2.45) is 0 Å². The molecule has 0 atom stereocenters. The SMILES string of the molecule is O=C(CN1CCN(c2ccc(CC(=O)c3oc(N4CCC(c5ccccc5)CC4)nc3C(F)(F)F)cn2)CC1)c1ccccc1F. The van der Waals surface area contributed by atoms with Gasteiger partial charge in [0.15, 0.2) is 11.5 Å². The van der Waals surface area contributed by atoms with E-state index in [1.165, 1.54) is 23.9 Å². The number of carbonyl (C=O) groups excluding carboxylic acids is 2. The van der Waals surface area contributed by atoms with Gasteiger partial charge in [-0.15, -0.1) is 0 Å². The first-order chi connectivity index (χ1) is 22.2. The maximum absolute atomic E-state index is 14.0. The van der Waals surface area contributed by atoms with Crippen molar-refractivity contribution in [2.45, 2.75) is 31.4 Å². The maximum atomic E-state index is 14.0. The number of oxazole rings is 1. The molecule has 240 valence electrons. The summed E-state index contributed by atoms with van der Waals surface area (Å²) in [7, 11) is 0. The van der Waals surface area contributed by atoms with Crippen LogP contribution in [0.15, 0.2) is 77.3 Å². The Hall–Kier alpha value is -4.58. The predicted octanol–water partition coefficient (Wildman–Crippen LogP) is 6.04. The van der Waals surface area contributed by atoms with Gasteiger partial charge in [-0.2, -0.15) is 18.2 Å². The van der Waals surface area contributed by atoms with Crippen molar-refractivity contribution in [1.29, 1.82) is 0 Å². The van der Waals surface area contributed by atoms with Crippen molar-refractivity contribution in [3.63, 3.8) is 0 Å². The Morgan fingerprint density at radius 3 is 2.17 bits per heavy atom. The van der Waals surface area contributed by atoms with E-state index in [0.29, 0.717) is 56.6 Å². The van der Waals surface area contributed by atoms with Gasteiger partial charge in [-0.25, -0.2) is 9.37 Å². The molecule has 0 N–H and O–H groups in total. The number of carbonyl (C=O) groups is 2. The molecule has 2 fully saturated rings. The number of ketones is 2. The molecule has 0 bridgehead atoms. The Kier molecular flexibility index (Phi) is 9.16.